The number of hydrogen-bond donors (Lipinski definition) is 10. The van der Waals surface area contributed by atoms with E-state index >= 15 is 0 Å². The summed E-state index contributed by atoms with van der Waals surface area (Å²) < 4.78 is 0. The average molecular weight is 596 g/mol. The number of unbranched alkanes of at least 4 members (excludes halogenated alkanes) is 1. The van der Waals surface area contributed by atoms with Gasteiger partial charge in [-0.3, -0.25) is 24.0 Å². The SMILES string of the molecule is NC(=O)C(CO)NC(=O)C(Cc1ccccc1)NC(=O)C(N)CCCCNC(=O)CCC(NN[C@H](C=O)CO)C(=O)O. The summed E-state index contributed by atoms with van der Waals surface area (Å²) in [5, 5.41) is 35.0. The number of carbonyl (C=O) groups is 6. The number of nitrogens with one attached hydrogen (secondary N) is 5. The first kappa shape index (κ1) is 36.1. The van der Waals surface area contributed by atoms with Crippen LogP contribution in [0.3, 0.4) is 0 Å². The molecule has 0 aliphatic rings. The van der Waals surface area contributed by atoms with Crippen LogP contribution in [0.25, 0.3) is 0 Å². The molecule has 1 aromatic carbocycles. The minimum Gasteiger partial charge on any atom is -0.480 e. The molecular formula is C26H41N7O9. The van der Waals surface area contributed by atoms with E-state index in [0.29, 0.717) is 19.1 Å². The van der Waals surface area contributed by atoms with Gasteiger partial charge in [-0.05, 0) is 31.2 Å². The molecule has 0 radical (unpaired) electrons. The van der Waals surface area contributed by atoms with Crippen molar-refractivity contribution in [3.63, 3.8) is 0 Å². The van der Waals surface area contributed by atoms with Crippen LogP contribution in [0.2, 0.25) is 0 Å². The van der Waals surface area contributed by atoms with Crippen LogP contribution in [-0.2, 0) is 35.2 Å². The number of hydrogen-bond acceptors (Lipinski definition) is 11. The molecule has 42 heavy (non-hydrogen) atoms. The largest absolute Gasteiger partial charge is 0.480 e. The summed E-state index contributed by atoms with van der Waals surface area (Å²) in [5.41, 5.74) is 16.7. The molecule has 16 nitrogen and oxygen atoms in total. The summed E-state index contributed by atoms with van der Waals surface area (Å²) >= 11 is 0. The van der Waals surface area contributed by atoms with Crippen molar-refractivity contribution in [2.45, 2.75) is 68.7 Å². The number of aldehydes is 1. The van der Waals surface area contributed by atoms with Crippen molar-refractivity contribution >= 4 is 35.9 Å². The smallest absolute Gasteiger partial charge is 0.322 e. The van der Waals surface area contributed by atoms with E-state index in [-0.39, 0.29) is 32.2 Å². The molecule has 0 fully saturated rings. The minimum absolute atomic E-state index is 0.0769. The predicted octanol–water partition coefficient (Wildman–Crippen LogP) is -3.82. The van der Waals surface area contributed by atoms with Gasteiger partial charge >= 0.3 is 5.97 Å². The molecular weight excluding hydrogens is 554 g/mol. The number of nitrogens with two attached hydrogens (primary N) is 2. The Labute approximate surface area is 242 Å². The molecule has 0 saturated carbocycles. The molecule has 0 heterocycles. The van der Waals surface area contributed by atoms with Crippen LogP contribution in [0.4, 0.5) is 0 Å². The van der Waals surface area contributed by atoms with Gasteiger partial charge in [0.1, 0.15) is 24.4 Å². The number of rotatable bonds is 22. The van der Waals surface area contributed by atoms with Crippen molar-refractivity contribution in [2.75, 3.05) is 19.8 Å². The number of hydrazine groups is 1. The first-order chi connectivity index (χ1) is 20.0. The number of aliphatic carboxylic acids is 1. The number of primary amides is 1. The molecule has 1 rings (SSSR count). The fraction of sp³-hybridized carbons (Fsp3) is 0.538. The normalized spacial score (nSPS) is 14.5. The molecule has 0 bridgehead atoms. The Kier molecular flexibility index (Phi) is 17.2. The highest BCUT2D eigenvalue weighted by Gasteiger charge is 2.27. The van der Waals surface area contributed by atoms with Crippen molar-refractivity contribution in [3.8, 4) is 0 Å². The van der Waals surface area contributed by atoms with Crippen molar-refractivity contribution < 1.29 is 44.1 Å². The van der Waals surface area contributed by atoms with E-state index in [9.17, 15) is 39.0 Å². The zero-order chi connectivity index (χ0) is 31.5. The zero-order valence-electron chi connectivity index (χ0n) is 23.2. The third-order valence-corrected chi connectivity index (χ3v) is 6.12. The van der Waals surface area contributed by atoms with Crippen LogP contribution in [0.5, 0.6) is 0 Å². The predicted molar refractivity (Wildman–Crippen MR) is 149 cm³/mol. The second-order valence-corrected chi connectivity index (χ2v) is 9.49. The van der Waals surface area contributed by atoms with Crippen LogP contribution in [-0.4, -0.2) is 101 Å². The molecule has 0 aliphatic carbocycles. The Morgan fingerprint density at radius 1 is 0.857 bits per heavy atom. The van der Waals surface area contributed by atoms with Gasteiger partial charge in [-0.25, -0.2) is 10.9 Å². The Balaban J connectivity index is 2.50. The fourth-order valence-electron chi connectivity index (χ4n) is 3.62. The van der Waals surface area contributed by atoms with E-state index < -0.39 is 73.0 Å². The van der Waals surface area contributed by atoms with Gasteiger partial charge in [0.2, 0.25) is 23.6 Å². The summed E-state index contributed by atoms with van der Waals surface area (Å²) in [6.45, 7) is -0.979. The van der Waals surface area contributed by atoms with E-state index in [0.717, 1.165) is 5.56 Å². The lowest BCUT2D eigenvalue weighted by Crippen LogP contribution is -2.56. The lowest BCUT2D eigenvalue weighted by Gasteiger charge is -2.23. The Hall–Kier alpha value is -3.96. The first-order valence-corrected chi connectivity index (χ1v) is 13.4. The van der Waals surface area contributed by atoms with E-state index in [2.05, 4.69) is 26.8 Å². The Morgan fingerprint density at radius 2 is 1.52 bits per heavy atom. The van der Waals surface area contributed by atoms with Crippen molar-refractivity contribution in [1.29, 1.82) is 0 Å². The van der Waals surface area contributed by atoms with Gasteiger partial charge in [0.05, 0.1) is 25.3 Å². The summed E-state index contributed by atoms with van der Waals surface area (Å²) in [6, 6.07) is 3.30. The van der Waals surface area contributed by atoms with Crippen LogP contribution >= 0.6 is 0 Å². The minimum atomic E-state index is -1.32. The molecule has 0 spiro atoms. The summed E-state index contributed by atoms with van der Waals surface area (Å²) in [6.07, 6.45) is 1.48. The highest BCUT2D eigenvalue weighted by atomic mass is 16.4. The number of aliphatic hydroxyl groups excluding tert-OH is 2. The molecule has 4 unspecified atom stereocenters. The van der Waals surface area contributed by atoms with E-state index in [1.165, 1.54) is 0 Å². The summed E-state index contributed by atoms with van der Waals surface area (Å²) in [5.74, 6) is -3.89. The highest BCUT2D eigenvalue weighted by molar-refractivity contribution is 5.92. The zero-order valence-corrected chi connectivity index (χ0v) is 23.2. The maximum Gasteiger partial charge on any atom is 0.322 e. The standard InChI is InChI=1S/C26H41N7O9/c27-18(8-4-5-11-29-22(37)10-9-19(26(41)42)33-32-17(13-34)14-35)24(39)30-20(12-16-6-2-1-3-7-16)25(40)31-21(15-36)23(28)38/h1-3,6-7,13,17-21,32-33,35-36H,4-5,8-12,14-15,27H2,(H2,28,38)(H,29,37)(H,30,39)(H,31,40)(H,41,42)/t17-,18?,19?,20?,21?/m1/s1. The molecule has 4 amide bonds. The number of benzene rings is 1. The van der Waals surface area contributed by atoms with Gasteiger partial charge < -0.3 is 47.5 Å². The summed E-state index contributed by atoms with van der Waals surface area (Å²) in [7, 11) is 0. The van der Waals surface area contributed by atoms with E-state index in [1.807, 2.05) is 0 Å². The van der Waals surface area contributed by atoms with Gasteiger partial charge in [0, 0.05) is 19.4 Å². The fourth-order valence-corrected chi connectivity index (χ4v) is 3.62. The van der Waals surface area contributed by atoms with Gasteiger partial charge in [-0.15, -0.1) is 0 Å². The van der Waals surface area contributed by atoms with Gasteiger partial charge in [0.25, 0.3) is 0 Å². The lowest BCUT2D eigenvalue weighted by atomic mass is 10.0. The van der Waals surface area contributed by atoms with Crippen molar-refractivity contribution in [2.24, 2.45) is 11.5 Å². The summed E-state index contributed by atoms with van der Waals surface area (Å²) in [4.78, 5) is 71.0. The van der Waals surface area contributed by atoms with E-state index in [4.69, 9.17) is 16.6 Å². The Bertz CT molecular complexity index is 1030. The monoisotopic (exact) mass is 595 g/mol. The lowest BCUT2D eigenvalue weighted by molar-refractivity contribution is -0.140. The molecule has 234 valence electrons. The van der Waals surface area contributed by atoms with Crippen LogP contribution in [0.15, 0.2) is 30.3 Å². The number of amides is 4. The second kappa shape index (κ2) is 20.0. The van der Waals surface area contributed by atoms with Gasteiger partial charge in [0.15, 0.2) is 0 Å². The number of carboxylic acids is 1. The third kappa shape index (κ3) is 14.1. The topological polar surface area (TPSA) is 275 Å². The van der Waals surface area contributed by atoms with Crippen molar-refractivity contribution in [1.82, 2.24) is 26.8 Å². The maximum absolute atomic E-state index is 12.8. The molecule has 0 aliphatic heterocycles. The number of carbonyl (C=O) groups excluding carboxylic acids is 5. The highest BCUT2D eigenvalue weighted by Crippen LogP contribution is 2.06. The van der Waals surface area contributed by atoms with E-state index in [1.54, 1.807) is 30.3 Å². The Morgan fingerprint density at radius 3 is 2.10 bits per heavy atom. The number of carboxylic acid groups (broad SMARTS) is 1. The molecule has 0 saturated heterocycles. The molecule has 1 aromatic rings. The van der Waals surface area contributed by atoms with Crippen molar-refractivity contribution in [3.05, 3.63) is 35.9 Å². The third-order valence-electron chi connectivity index (χ3n) is 6.12. The van der Waals surface area contributed by atoms with Crippen LogP contribution in [0.1, 0.15) is 37.7 Å². The van der Waals surface area contributed by atoms with Gasteiger partial charge in [-0.1, -0.05) is 30.3 Å². The first-order valence-electron chi connectivity index (χ1n) is 13.4. The molecule has 12 N–H and O–H groups in total. The second-order valence-electron chi connectivity index (χ2n) is 9.49. The quantitative estimate of drug-likeness (QED) is 0.0351. The van der Waals surface area contributed by atoms with Crippen LogP contribution < -0.4 is 38.3 Å². The van der Waals surface area contributed by atoms with Gasteiger partial charge in [-0.2, -0.15) is 0 Å². The average Bonchev–Trinajstić information content (AvgIpc) is 2.97. The number of aliphatic hydroxyl groups is 2. The molecule has 5 atom stereocenters. The van der Waals surface area contributed by atoms with Crippen LogP contribution in [0, 0.1) is 0 Å². The molecule has 16 heteroatoms. The molecule has 0 aromatic heterocycles. The maximum atomic E-state index is 12.8.